The highest BCUT2D eigenvalue weighted by Gasteiger charge is 2.19. The molecule has 0 radical (unpaired) electrons. The number of hydrogen-bond acceptors (Lipinski definition) is 2. The van der Waals surface area contributed by atoms with Gasteiger partial charge in [-0.05, 0) is 86.5 Å². The standard InChI is InChI=1S/C32H60N2/c1-9-15-17-19-29-30(20-18-16-10-2)32(34-28(14-6)24-26(8)12-4)22-21-31(29)33-27(13-5)23-25(7)11-3/h21-22,25-28,33-34H,9-20,23-24H2,1-8H3. The summed E-state index contributed by atoms with van der Waals surface area (Å²) in [6.45, 7) is 18.8. The lowest BCUT2D eigenvalue weighted by atomic mass is 9.91. The molecule has 0 amide bonds. The summed E-state index contributed by atoms with van der Waals surface area (Å²) in [7, 11) is 0. The molecule has 0 fully saturated rings. The predicted molar refractivity (Wildman–Crippen MR) is 156 cm³/mol. The largest absolute Gasteiger partial charge is 0.382 e. The maximum Gasteiger partial charge on any atom is 0.0379 e. The van der Waals surface area contributed by atoms with Crippen LogP contribution in [0.4, 0.5) is 11.4 Å². The number of unbranched alkanes of at least 4 members (excludes halogenated alkanes) is 4. The summed E-state index contributed by atoms with van der Waals surface area (Å²) in [4.78, 5) is 0. The van der Waals surface area contributed by atoms with Gasteiger partial charge in [0.1, 0.15) is 0 Å². The van der Waals surface area contributed by atoms with E-state index in [1.807, 2.05) is 0 Å². The van der Waals surface area contributed by atoms with Crippen LogP contribution >= 0.6 is 0 Å². The van der Waals surface area contributed by atoms with Crippen LogP contribution < -0.4 is 10.6 Å². The zero-order valence-electron chi connectivity index (χ0n) is 24.4. The van der Waals surface area contributed by atoms with E-state index in [0.29, 0.717) is 12.1 Å². The Labute approximate surface area is 214 Å². The van der Waals surface area contributed by atoms with Gasteiger partial charge in [-0.25, -0.2) is 0 Å². The molecule has 0 aliphatic carbocycles. The first-order chi connectivity index (χ1) is 16.4. The number of rotatable bonds is 20. The molecule has 1 aromatic rings. The van der Waals surface area contributed by atoms with Gasteiger partial charge in [-0.3, -0.25) is 0 Å². The van der Waals surface area contributed by atoms with Crippen LogP contribution in [0.1, 0.15) is 144 Å². The van der Waals surface area contributed by atoms with Gasteiger partial charge in [0.05, 0.1) is 0 Å². The highest BCUT2D eigenvalue weighted by Crippen LogP contribution is 2.33. The van der Waals surface area contributed by atoms with Crippen molar-refractivity contribution in [1.29, 1.82) is 0 Å². The SMILES string of the molecule is CCCCCc1c(NC(CC)CC(C)CC)ccc(NC(CC)CC(C)CC)c1CCCCC. The van der Waals surface area contributed by atoms with E-state index in [1.165, 1.54) is 101 Å². The van der Waals surface area contributed by atoms with Gasteiger partial charge in [0.15, 0.2) is 0 Å². The normalized spacial score (nSPS) is 15.1. The van der Waals surface area contributed by atoms with Gasteiger partial charge >= 0.3 is 0 Å². The van der Waals surface area contributed by atoms with Crippen molar-refractivity contribution in [3.8, 4) is 0 Å². The number of benzene rings is 1. The van der Waals surface area contributed by atoms with E-state index in [4.69, 9.17) is 0 Å². The van der Waals surface area contributed by atoms with Crippen LogP contribution in [0, 0.1) is 11.8 Å². The summed E-state index contributed by atoms with van der Waals surface area (Å²) in [5, 5.41) is 8.06. The van der Waals surface area contributed by atoms with Crippen LogP contribution in [0.2, 0.25) is 0 Å². The van der Waals surface area contributed by atoms with Gasteiger partial charge in [0.25, 0.3) is 0 Å². The second kappa shape index (κ2) is 18.1. The van der Waals surface area contributed by atoms with E-state index >= 15 is 0 Å². The molecule has 2 heteroatoms. The van der Waals surface area contributed by atoms with Crippen LogP contribution in [0.5, 0.6) is 0 Å². The summed E-state index contributed by atoms with van der Waals surface area (Å²) in [6, 6.07) is 5.94. The minimum Gasteiger partial charge on any atom is -0.382 e. The van der Waals surface area contributed by atoms with E-state index in [0.717, 1.165) is 11.8 Å². The molecule has 0 heterocycles. The van der Waals surface area contributed by atoms with Gasteiger partial charge in [-0.1, -0.05) is 93.9 Å². The van der Waals surface area contributed by atoms with Crippen LogP contribution in [-0.2, 0) is 12.8 Å². The molecule has 2 nitrogen and oxygen atoms in total. The van der Waals surface area contributed by atoms with Crippen LogP contribution in [-0.4, -0.2) is 12.1 Å². The van der Waals surface area contributed by atoms with Crippen molar-refractivity contribution in [2.75, 3.05) is 10.6 Å². The topological polar surface area (TPSA) is 24.1 Å². The average molecular weight is 473 g/mol. The quantitative estimate of drug-likeness (QED) is 0.184. The van der Waals surface area contributed by atoms with E-state index in [1.54, 1.807) is 11.1 Å². The van der Waals surface area contributed by atoms with Gasteiger partial charge in [-0.15, -0.1) is 0 Å². The Balaban J connectivity index is 3.34. The first-order valence-electron chi connectivity index (χ1n) is 15.1. The third kappa shape index (κ3) is 11.0. The fourth-order valence-electron chi connectivity index (χ4n) is 5.04. The van der Waals surface area contributed by atoms with E-state index in [-0.39, 0.29) is 0 Å². The Bertz CT molecular complexity index is 583. The van der Waals surface area contributed by atoms with Crippen molar-refractivity contribution in [3.05, 3.63) is 23.3 Å². The number of nitrogens with one attached hydrogen (secondary N) is 2. The first-order valence-corrected chi connectivity index (χ1v) is 15.1. The fourth-order valence-corrected chi connectivity index (χ4v) is 5.04. The van der Waals surface area contributed by atoms with Crippen molar-refractivity contribution in [1.82, 2.24) is 0 Å². The average Bonchev–Trinajstić information content (AvgIpc) is 2.85. The molecule has 198 valence electrons. The van der Waals surface area contributed by atoms with Crippen molar-refractivity contribution in [2.24, 2.45) is 11.8 Å². The highest BCUT2D eigenvalue weighted by molar-refractivity contribution is 5.66. The predicted octanol–water partition coefficient (Wildman–Crippen LogP) is 10.4. The number of hydrogen-bond donors (Lipinski definition) is 2. The summed E-state index contributed by atoms with van der Waals surface area (Å²) in [5.74, 6) is 1.55. The molecule has 34 heavy (non-hydrogen) atoms. The van der Waals surface area contributed by atoms with E-state index < -0.39 is 0 Å². The lowest BCUT2D eigenvalue weighted by Crippen LogP contribution is -2.24. The molecular weight excluding hydrogens is 412 g/mol. The summed E-state index contributed by atoms with van der Waals surface area (Å²) >= 11 is 0. The molecule has 0 bridgehead atoms. The Morgan fingerprint density at radius 3 is 1.24 bits per heavy atom. The third-order valence-corrected chi connectivity index (χ3v) is 7.96. The van der Waals surface area contributed by atoms with Crippen molar-refractivity contribution < 1.29 is 0 Å². The molecule has 0 aliphatic heterocycles. The summed E-state index contributed by atoms with van der Waals surface area (Å²) in [5.41, 5.74) is 6.04. The van der Waals surface area contributed by atoms with Crippen LogP contribution in [0.25, 0.3) is 0 Å². The minimum atomic E-state index is 0.566. The summed E-state index contributed by atoms with van der Waals surface area (Å²) in [6.07, 6.45) is 17.6. The zero-order chi connectivity index (χ0) is 25.3. The van der Waals surface area contributed by atoms with E-state index in [9.17, 15) is 0 Å². The molecule has 0 spiro atoms. The second-order valence-electron chi connectivity index (χ2n) is 11.0. The van der Waals surface area contributed by atoms with Crippen LogP contribution in [0.3, 0.4) is 0 Å². The molecule has 4 atom stereocenters. The Morgan fingerprint density at radius 2 is 0.941 bits per heavy atom. The first kappa shape index (κ1) is 30.9. The molecule has 4 unspecified atom stereocenters. The maximum atomic E-state index is 4.03. The Kier molecular flexibility index (Phi) is 16.5. The monoisotopic (exact) mass is 472 g/mol. The van der Waals surface area contributed by atoms with Gasteiger partial charge in [0.2, 0.25) is 0 Å². The van der Waals surface area contributed by atoms with Gasteiger partial charge < -0.3 is 10.6 Å². The lowest BCUT2D eigenvalue weighted by molar-refractivity contribution is 0.461. The molecule has 0 saturated carbocycles. The van der Waals surface area contributed by atoms with Gasteiger partial charge in [-0.2, -0.15) is 0 Å². The molecular formula is C32H60N2. The molecule has 1 rings (SSSR count). The summed E-state index contributed by atoms with van der Waals surface area (Å²) < 4.78 is 0. The van der Waals surface area contributed by atoms with Gasteiger partial charge in [0, 0.05) is 23.5 Å². The smallest absolute Gasteiger partial charge is 0.0379 e. The van der Waals surface area contributed by atoms with Crippen molar-refractivity contribution in [3.63, 3.8) is 0 Å². The van der Waals surface area contributed by atoms with Crippen LogP contribution in [0.15, 0.2) is 12.1 Å². The maximum absolute atomic E-state index is 4.03. The molecule has 2 N–H and O–H groups in total. The third-order valence-electron chi connectivity index (χ3n) is 7.96. The second-order valence-corrected chi connectivity index (χ2v) is 11.0. The molecule has 0 aromatic heterocycles. The van der Waals surface area contributed by atoms with Crippen molar-refractivity contribution in [2.45, 2.75) is 157 Å². The number of anilines is 2. The molecule has 1 aromatic carbocycles. The Hall–Kier alpha value is -1.18. The Morgan fingerprint density at radius 1 is 0.559 bits per heavy atom. The zero-order valence-corrected chi connectivity index (χ0v) is 24.4. The minimum absolute atomic E-state index is 0.566. The molecule has 0 aliphatic rings. The lowest BCUT2D eigenvalue weighted by Gasteiger charge is -2.28. The molecule has 0 saturated heterocycles. The van der Waals surface area contributed by atoms with E-state index in [2.05, 4.69) is 78.2 Å². The fraction of sp³-hybridized carbons (Fsp3) is 0.812. The highest BCUT2D eigenvalue weighted by atomic mass is 14.9. The van der Waals surface area contributed by atoms with Crippen molar-refractivity contribution >= 4 is 11.4 Å².